The summed E-state index contributed by atoms with van der Waals surface area (Å²) in [5.74, 6) is 0.237. The van der Waals surface area contributed by atoms with Crippen molar-refractivity contribution in [3.63, 3.8) is 0 Å². The van der Waals surface area contributed by atoms with Crippen molar-refractivity contribution in [1.29, 1.82) is 0 Å². The maximum absolute atomic E-state index is 12.1. The number of nitrogens with one attached hydrogen (secondary N) is 1. The van der Waals surface area contributed by atoms with E-state index < -0.39 is 0 Å². The summed E-state index contributed by atoms with van der Waals surface area (Å²) in [6.45, 7) is 8.46. The minimum Gasteiger partial charge on any atom is -0.377 e. The van der Waals surface area contributed by atoms with E-state index in [1.165, 1.54) is 0 Å². The van der Waals surface area contributed by atoms with Crippen molar-refractivity contribution in [2.75, 3.05) is 26.7 Å². The van der Waals surface area contributed by atoms with Gasteiger partial charge in [0.15, 0.2) is 0 Å². The molecule has 2 aliphatic rings. The quantitative estimate of drug-likeness (QED) is 0.841. The zero-order valence-electron chi connectivity index (χ0n) is 12.9. The van der Waals surface area contributed by atoms with Crippen LogP contribution in [0.2, 0.25) is 0 Å². The van der Waals surface area contributed by atoms with Gasteiger partial charge in [-0.3, -0.25) is 9.59 Å². The number of hydrogen-bond acceptors (Lipinski definition) is 3. The Morgan fingerprint density at radius 1 is 1.45 bits per heavy atom. The average Bonchev–Trinajstić information content (AvgIpc) is 2.93. The van der Waals surface area contributed by atoms with Crippen molar-refractivity contribution in [2.45, 2.75) is 39.7 Å². The zero-order chi connectivity index (χ0) is 14.9. The normalized spacial score (nSPS) is 30.9. The smallest absolute Gasteiger partial charge is 0.225 e. The maximum atomic E-state index is 12.1. The molecule has 0 spiro atoms. The minimum absolute atomic E-state index is 0.00209. The Bertz CT molecular complexity index is 389. The van der Waals surface area contributed by atoms with Crippen LogP contribution in [0.15, 0.2) is 0 Å². The van der Waals surface area contributed by atoms with Crippen molar-refractivity contribution in [3.8, 4) is 0 Å². The van der Waals surface area contributed by atoms with Crippen LogP contribution in [0.3, 0.4) is 0 Å². The highest BCUT2D eigenvalue weighted by atomic mass is 16.5. The molecule has 0 saturated carbocycles. The lowest BCUT2D eigenvalue weighted by atomic mass is 9.81. The van der Waals surface area contributed by atoms with E-state index in [4.69, 9.17) is 4.74 Å². The predicted molar refractivity (Wildman–Crippen MR) is 76.1 cm³/mol. The Morgan fingerprint density at radius 2 is 2.15 bits per heavy atom. The molecule has 2 aliphatic heterocycles. The molecule has 3 atom stereocenters. The molecule has 20 heavy (non-hydrogen) atoms. The zero-order valence-corrected chi connectivity index (χ0v) is 12.9. The molecular formula is C15H26N2O3. The van der Waals surface area contributed by atoms with E-state index in [-0.39, 0.29) is 29.3 Å². The van der Waals surface area contributed by atoms with Gasteiger partial charge in [-0.1, -0.05) is 20.8 Å². The highest BCUT2D eigenvalue weighted by Crippen LogP contribution is 2.34. The summed E-state index contributed by atoms with van der Waals surface area (Å²) < 4.78 is 5.81. The van der Waals surface area contributed by atoms with Crippen molar-refractivity contribution < 1.29 is 14.3 Å². The molecule has 0 bridgehead atoms. The van der Waals surface area contributed by atoms with E-state index in [0.717, 1.165) is 13.0 Å². The number of ether oxygens (including phenoxy) is 1. The minimum atomic E-state index is -0.192. The third kappa shape index (κ3) is 3.32. The molecule has 2 rings (SSSR count). The molecule has 5 nitrogen and oxygen atoms in total. The van der Waals surface area contributed by atoms with Gasteiger partial charge in [-0.25, -0.2) is 0 Å². The largest absolute Gasteiger partial charge is 0.377 e. The van der Waals surface area contributed by atoms with E-state index in [9.17, 15) is 9.59 Å². The van der Waals surface area contributed by atoms with Gasteiger partial charge in [0.05, 0.1) is 12.0 Å². The van der Waals surface area contributed by atoms with Gasteiger partial charge in [-0.05, 0) is 11.8 Å². The van der Waals surface area contributed by atoms with Crippen molar-refractivity contribution in [1.82, 2.24) is 10.2 Å². The molecule has 114 valence electrons. The summed E-state index contributed by atoms with van der Waals surface area (Å²) in [7, 11) is 1.75. The first kappa shape index (κ1) is 15.3. The molecule has 0 aliphatic carbocycles. The van der Waals surface area contributed by atoms with E-state index in [1.54, 1.807) is 11.9 Å². The van der Waals surface area contributed by atoms with E-state index in [0.29, 0.717) is 25.4 Å². The molecule has 0 radical (unpaired) electrons. The topological polar surface area (TPSA) is 58.6 Å². The van der Waals surface area contributed by atoms with Crippen LogP contribution in [-0.4, -0.2) is 49.6 Å². The standard InChI is InChI=1S/C15H26N2O3/c1-15(2,3)13-10(5-6-20-13)8-16-14(19)11-7-12(18)17(4)9-11/h10-11,13H,5-9H2,1-4H3,(H,16,19)/t10-,11+,13+/m1/s1. The summed E-state index contributed by atoms with van der Waals surface area (Å²) in [4.78, 5) is 25.2. The summed E-state index contributed by atoms with van der Waals surface area (Å²) >= 11 is 0. The number of rotatable bonds is 3. The summed E-state index contributed by atoms with van der Waals surface area (Å²) in [5, 5.41) is 3.01. The van der Waals surface area contributed by atoms with Crippen molar-refractivity contribution >= 4 is 11.8 Å². The van der Waals surface area contributed by atoms with E-state index in [1.807, 2.05) is 0 Å². The Hall–Kier alpha value is -1.10. The van der Waals surface area contributed by atoms with Crippen LogP contribution >= 0.6 is 0 Å². The molecule has 0 aromatic carbocycles. The second-order valence-corrected chi connectivity index (χ2v) is 7.13. The first-order valence-electron chi connectivity index (χ1n) is 7.42. The molecule has 2 fully saturated rings. The lowest BCUT2D eigenvalue weighted by Gasteiger charge is -2.31. The van der Waals surface area contributed by atoms with Gasteiger partial charge in [0, 0.05) is 39.1 Å². The number of carbonyl (C=O) groups is 2. The predicted octanol–water partition coefficient (Wildman–Crippen LogP) is 1.03. The van der Waals surface area contributed by atoms with Gasteiger partial charge in [-0.2, -0.15) is 0 Å². The first-order valence-corrected chi connectivity index (χ1v) is 7.42. The van der Waals surface area contributed by atoms with Crippen LogP contribution in [0.1, 0.15) is 33.6 Å². The van der Waals surface area contributed by atoms with Crippen molar-refractivity contribution in [2.24, 2.45) is 17.3 Å². The van der Waals surface area contributed by atoms with Gasteiger partial charge < -0.3 is 15.0 Å². The fourth-order valence-corrected chi connectivity index (χ4v) is 3.22. The highest BCUT2D eigenvalue weighted by Gasteiger charge is 2.38. The van der Waals surface area contributed by atoms with Gasteiger partial charge in [-0.15, -0.1) is 0 Å². The third-order valence-electron chi connectivity index (χ3n) is 4.32. The fourth-order valence-electron chi connectivity index (χ4n) is 3.22. The molecule has 2 amide bonds. The second kappa shape index (κ2) is 5.72. The number of hydrogen-bond donors (Lipinski definition) is 1. The monoisotopic (exact) mass is 282 g/mol. The molecular weight excluding hydrogens is 256 g/mol. The summed E-state index contributed by atoms with van der Waals surface area (Å²) in [6, 6.07) is 0. The van der Waals surface area contributed by atoms with Crippen LogP contribution in [0.5, 0.6) is 0 Å². The van der Waals surface area contributed by atoms with E-state index in [2.05, 4.69) is 26.1 Å². The third-order valence-corrected chi connectivity index (χ3v) is 4.32. The average molecular weight is 282 g/mol. The second-order valence-electron chi connectivity index (χ2n) is 7.13. The molecule has 2 saturated heterocycles. The molecule has 1 N–H and O–H groups in total. The fraction of sp³-hybridized carbons (Fsp3) is 0.867. The van der Waals surface area contributed by atoms with Gasteiger partial charge in [0.25, 0.3) is 0 Å². The number of nitrogens with zero attached hydrogens (tertiary/aromatic N) is 1. The molecule has 0 aromatic rings. The van der Waals surface area contributed by atoms with Crippen molar-refractivity contribution in [3.05, 3.63) is 0 Å². The van der Waals surface area contributed by atoms with Crippen LogP contribution in [0.4, 0.5) is 0 Å². The Labute approximate surface area is 121 Å². The lowest BCUT2D eigenvalue weighted by molar-refractivity contribution is -0.128. The Kier molecular flexibility index (Phi) is 4.37. The van der Waals surface area contributed by atoms with Crippen LogP contribution in [-0.2, 0) is 14.3 Å². The SMILES string of the molecule is CN1C[C@@H](C(=O)NC[C@H]2CCO[C@@H]2C(C)(C)C)CC1=O. The highest BCUT2D eigenvalue weighted by molar-refractivity contribution is 5.89. The van der Waals surface area contributed by atoms with Gasteiger partial charge in [0.1, 0.15) is 0 Å². The number of amides is 2. The molecule has 0 aromatic heterocycles. The Morgan fingerprint density at radius 3 is 2.70 bits per heavy atom. The van der Waals surface area contributed by atoms with Crippen LogP contribution in [0, 0.1) is 17.3 Å². The van der Waals surface area contributed by atoms with Gasteiger partial charge >= 0.3 is 0 Å². The van der Waals surface area contributed by atoms with Crippen LogP contribution < -0.4 is 5.32 Å². The first-order chi connectivity index (χ1) is 9.29. The summed E-state index contributed by atoms with van der Waals surface area (Å²) in [5.41, 5.74) is 0.0927. The maximum Gasteiger partial charge on any atom is 0.225 e. The number of likely N-dealkylation sites (tertiary alicyclic amines) is 1. The number of carbonyl (C=O) groups excluding carboxylic acids is 2. The van der Waals surface area contributed by atoms with E-state index >= 15 is 0 Å². The molecule has 5 heteroatoms. The Balaban J connectivity index is 1.83. The van der Waals surface area contributed by atoms with Gasteiger partial charge in [0.2, 0.25) is 11.8 Å². The van der Waals surface area contributed by atoms with Crippen LogP contribution in [0.25, 0.3) is 0 Å². The molecule has 0 unspecified atom stereocenters. The molecule has 2 heterocycles. The summed E-state index contributed by atoms with van der Waals surface area (Å²) in [6.07, 6.45) is 1.52. The lowest BCUT2D eigenvalue weighted by Crippen LogP contribution is -2.41.